The van der Waals surface area contributed by atoms with Crippen LogP contribution in [0, 0.1) is 5.41 Å². The number of carbonyl (C=O) groups is 1. The maximum absolute atomic E-state index is 12.4. The van der Waals surface area contributed by atoms with Gasteiger partial charge in [0.2, 0.25) is 0 Å². The number of esters is 1. The minimum Gasteiger partial charge on any atom is -0.462 e. The monoisotopic (exact) mass is 333 g/mol. The molecular weight excluding hydrogens is 314 g/mol. The molecule has 0 aromatic carbocycles. The molecule has 2 heterocycles. The van der Waals surface area contributed by atoms with Gasteiger partial charge in [0.25, 0.3) is 0 Å². The largest absolute Gasteiger partial charge is 0.462 e. The van der Waals surface area contributed by atoms with E-state index >= 15 is 0 Å². The van der Waals surface area contributed by atoms with E-state index in [1.54, 1.807) is 17.7 Å². The molecule has 2 aromatic rings. The van der Waals surface area contributed by atoms with E-state index in [0.29, 0.717) is 23.1 Å². The highest BCUT2D eigenvalue weighted by Crippen LogP contribution is 2.58. The first-order valence-corrected chi connectivity index (χ1v) is 8.93. The van der Waals surface area contributed by atoms with Crippen LogP contribution in [-0.2, 0) is 9.47 Å². The van der Waals surface area contributed by atoms with Crippen molar-refractivity contribution >= 4 is 17.3 Å². The molecular formula is C17H19NO4S. The summed E-state index contributed by atoms with van der Waals surface area (Å²) in [5.41, 5.74) is 0.418. The van der Waals surface area contributed by atoms with Crippen LogP contribution in [0.15, 0.2) is 28.2 Å². The number of furan rings is 1. The summed E-state index contributed by atoms with van der Waals surface area (Å²) < 4.78 is 16.8. The molecule has 5 nitrogen and oxygen atoms in total. The van der Waals surface area contributed by atoms with Crippen LogP contribution in [0.25, 0.3) is 10.8 Å². The van der Waals surface area contributed by atoms with Gasteiger partial charge in [0.1, 0.15) is 6.10 Å². The molecule has 2 aliphatic rings. The first-order chi connectivity index (χ1) is 11.2. The number of ether oxygens (including phenoxy) is 2. The third kappa shape index (κ3) is 2.40. The van der Waals surface area contributed by atoms with Crippen molar-refractivity contribution in [2.45, 2.75) is 44.8 Å². The summed E-state index contributed by atoms with van der Waals surface area (Å²) in [6.07, 6.45) is 5.97. The molecule has 2 saturated carbocycles. The molecule has 0 bridgehead atoms. The van der Waals surface area contributed by atoms with Crippen LogP contribution >= 0.6 is 11.3 Å². The van der Waals surface area contributed by atoms with Crippen LogP contribution in [0.5, 0.6) is 0 Å². The van der Waals surface area contributed by atoms with E-state index < -0.39 is 0 Å². The van der Waals surface area contributed by atoms with Gasteiger partial charge in [0, 0.05) is 23.8 Å². The molecule has 0 unspecified atom stereocenters. The fourth-order valence-electron chi connectivity index (χ4n) is 3.61. The lowest BCUT2D eigenvalue weighted by Gasteiger charge is -2.59. The minimum atomic E-state index is -0.342. The van der Waals surface area contributed by atoms with Crippen molar-refractivity contribution in [2.75, 3.05) is 6.61 Å². The average Bonchev–Trinajstić information content (AvgIpc) is 3.14. The lowest BCUT2D eigenvalue weighted by atomic mass is 9.52. The molecule has 2 aromatic heterocycles. The van der Waals surface area contributed by atoms with E-state index in [1.807, 2.05) is 13.0 Å². The Bertz CT molecular complexity index is 689. The fraction of sp³-hybridized carbons (Fsp3) is 0.529. The van der Waals surface area contributed by atoms with Crippen LogP contribution < -0.4 is 0 Å². The molecule has 122 valence electrons. The van der Waals surface area contributed by atoms with Crippen LogP contribution in [0.4, 0.5) is 0 Å². The molecule has 2 fully saturated rings. The van der Waals surface area contributed by atoms with Gasteiger partial charge in [0.15, 0.2) is 16.5 Å². The van der Waals surface area contributed by atoms with Gasteiger partial charge in [-0.25, -0.2) is 9.78 Å². The van der Waals surface area contributed by atoms with Gasteiger partial charge in [-0.3, -0.25) is 0 Å². The maximum Gasteiger partial charge on any atom is 0.358 e. The predicted octanol–water partition coefficient (Wildman–Crippen LogP) is 3.91. The van der Waals surface area contributed by atoms with Crippen molar-refractivity contribution in [3.63, 3.8) is 0 Å². The smallest absolute Gasteiger partial charge is 0.358 e. The van der Waals surface area contributed by atoms with Crippen molar-refractivity contribution < 1.29 is 18.7 Å². The molecule has 6 heteroatoms. The summed E-state index contributed by atoms with van der Waals surface area (Å²) in [6, 6.07) is 3.63. The summed E-state index contributed by atoms with van der Waals surface area (Å²) in [4.78, 5) is 16.7. The van der Waals surface area contributed by atoms with Crippen LogP contribution in [0.2, 0.25) is 0 Å². The number of rotatable bonds is 5. The van der Waals surface area contributed by atoms with E-state index in [4.69, 9.17) is 13.9 Å². The van der Waals surface area contributed by atoms with Gasteiger partial charge in [0.05, 0.1) is 12.4 Å². The van der Waals surface area contributed by atoms with Gasteiger partial charge < -0.3 is 13.9 Å². The number of thiazole rings is 1. The predicted molar refractivity (Wildman–Crippen MR) is 85.3 cm³/mol. The topological polar surface area (TPSA) is 61.6 Å². The standard InChI is InChI=1S/C17H19NO4S/c1-2-20-13-9-14(17(13)6-4-7-17)22-16(19)11-10-23-15(18-11)12-5-3-8-21-12/h3,5,8,10,13-14H,2,4,6-7,9H2,1H3/t13-,14-/m0/s1. The van der Waals surface area contributed by atoms with Crippen molar-refractivity contribution in [1.29, 1.82) is 0 Å². The van der Waals surface area contributed by atoms with E-state index in [0.717, 1.165) is 19.3 Å². The third-order valence-corrected chi connectivity index (χ3v) is 5.91. The number of carbonyl (C=O) groups excluding carboxylic acids is 1. The first kappa shape index (κ1) is 14.9. The van der Waals surface area contributed by atoms with Gasteiger partial charge in [-0.2, -0.15) is 0 Å². The number of hydrogen-bond donors (Lipinski definition) is 0. The van der Waals surface area contributed by atoms with Crippen molar-refractivity contribution in [2.24, 2.45) is 5.41 Å². The van der Waals surface area contributed by atoms with Crippen LogP contribution in [0.1, 0.15) is 43.1 Å². The second-order valence-corrected chi connectivity index (χ2v) is 7.03. The summed E-state index contributed by atoms with van der Waals surface area (Å²) in [6.45, 7) is 2.73. The molecule has 0 saturated heterocycles. The zero-order chi connectivity index (χ0) is 15.9. The van der Waals surface area contributed by atoms with E-state index in [-0.39, 0.29) is 23.6 Å². The lowest BCUT2D eigenvalue weighted by Crippen LogP contribution is -2.63. The second-order valence-electron chi connectivity index (χ2n) is 6.18. The van der Waals surface area contributed by atoms with Gasteiger partial charge in [-0.05, 0) is 31.9 Å². The zero-order valence-corrected chi connectivity index (χ0v) is 13.8. The highest BCUT2D eigenvalue weighted by molar-refractivity contribution is 7.13. The highest BCUT2D eigenvalue weighted by Gasteiger charge is 2.61. The first-order valence-electron chi connectivity index (χ1n) is 8.05. The molecule has 0 radical (unpaired) electrons. The number of hydrogen-bond acceptors (Lipinski definition) is 6. The van der Waals surface area contributed by atoms with Crippen LogP contribution in [0.3, 0.4) is 0 Å². The second kappa shape index (κ2) is 5.76. The van der Waals surface area contributed by atoms with Crippen molar-refractivity contribution in [3.05, 3.63) is 29.5 Å². The Morgan fingerprint density at radius 2 is 2.35 bits per heavy atom. The molecule has 2 atom stereocenters. The Kier molecular flexibility index (Phi) is 3.73. The zero-order valence-electron chi connectivity index (χ0n) is 13.0. The fourth-order valence-corrected chi connectivity index (χ4v) is 4.37. The number of nitrogens with zero attached hydrogens (tertiary/aromatic N) is 1. The minimum absolute atomic E-state index is 0.0333. The third-order valence-electron chi connectivity index (χ3n) is 5.06. The van der Waals surface area contributed by atoms with E-state index in [1.165, 1.54) is 17.8 Å². The summed E-state index contributed by atoms with van der Waals surface area (Å²) in [7, 11) is 0. The molecule has 0 aliphatic heterocycles. The van der Waals surface area contributed by atoms with Gasteiger partial charge >= 0.3 is 5.97 Å². The molecule has 4 rings (SSSR count). The van der Waals surface area contributed by atoms with Crippen molar-refractivity contribution in [1.82, 2.24) is 4.98 Å². The lowest BCUT2D eigenvalue weighted by molar-refractivity contribution is -0.225. The Morgan fingerprint density at radius 3 is 3.00 bits per heavy atom. The summed E-state index contributed by atoms with van der Waals surface area (Å²) in [5, 5.41) is 2.42. The molecule has 1 spiro atoms. The highest BCUT2D eigenvalue weighted by atomic mass is 32.1. The van der Waals surface area contributed by atoms with Crippen LogP contribution in [-0.4, -0.2) is 29.8 Å². The summed E-state index contributed by atoms with van der Waals surface area (Å²) >= 11 is 1.39. The molecule has 23 heavy (non-hydrogen) atoms. The average molecular weight is 333 g/mol. The SMILES string of the molecule is CCO[C@H]1C[C@H](OC(=O)c2csc(-c3ccco3)n2)C12CCC2. The number of aromatic nitrogens is 1. The van der Waals surface area contributed by atoms with E-state index in [2.05, 4.69) is 4.98 Å². The Hall–Kier alpha value is -1.66. The summed E-state index contributed by atoms with van der Waals surface area (Å²) in [5.74, 6) is 0.329. The quantitative estimate of drug-likeness (QED) is 0.776. The maximum atomic E-state index is 12.4. The van der Waals surface area contributed by atoms with E-state index in [9.17, 15) is 4.79 Å². The molecule has 0 N–H and O–H groups in total. The molecule has 0 amide bonds. The normalized spacial score (nSPS) is 24.9. The Labute approximate surface area is 138 Å². The van der Waals surface area contributed by atoms with Crippen molar-refractivity contribution in [3.8, 4) is 10.8 Å². The Balaban J connectivity index is 1.43. The van der Waals surface area contributed by atoms with Gasteiger partial charge in [-0.15, -0.1) is 11.3 Å². The Morgan fingerprint density at radius 1 is 1.48 bits per heavy atom. The van der Waals surface area contributed by atoms with Gasteiger partial charge in [-0.1, -0.05) is 6.42 Å². The molecule has 2 aliphatic carbocycles.